The van der Waals surface area contributed by atoms with E-state index in [9.17, 15) is 5.11 Å². The van der Waals surface area contributed by atoms with Crippen LogP contribution in [0.3, 0.4) is 0 Å². The third kappa shape index (κ3) is 2.51. The van der Waals surface area contributed by atoms with Crippen LogP contribution in [0, 0.1) is 0 Å². The molecule has 0 aliphatic rings. The zero-order chi connectivity index (χ0) is 13.0. The lowest BCUT2D eigenvalue weighted by atomic mass is 10.1. The molecule has 0 bridgehead atoms. The first-order valence-corrected chi connectivity index (χ1v) is 6.14. The van der Waals surface area contributed by atoms with Gasteiger partial charge in [0.1, 0.15) is 5.75 Å². The van der Waals surface area contributed by atoms with Crippen LogP contribution in [-0.4, -0.2) is 20.1 Å². The Bertz CT molecular complexity index is 521. The Morgan fingerprint density at radius 1 is 1.33 bits per heavy atom. The van der Waals surface area contributed by atoms with Crippen LogP contribution in [-0.2, 0) is 19.5 Å². The molecule has 5 heteroatoms. The summed E-state index contributed by atoms with van der Waals surface area (Å²) in [6.45, 7) is 3.03. The first-order valence-electron chi connectivity index (χ1n) is 6.14. The van der Waals surface area contributed by atoms with Gasteiger partial charge in [-0.25, -0.2) is 4.68 Å². The predicted octanol–water partition coefficient (Wildman–Crippen LogP) is 1.44. The van der Waals surface area contributed by atoms with Gasteiger partial charge >= 0.3 is 0 Å². The fraction of sp³-hybridized carbons (Fsp3) is 0.385. The molecule has 2 rings (SSSR count). The van der Waals surface area contributed by atoms with Gasteiger partial charge in [-0.05, 0) is 12.5 Å². The zero-order valence-electron chi connectivity index (χ0n) is 10.5. The molecule has 1 heterocycles. The molecule has 0 radical (unpaired) electrons. The number of rotatable bonds is 5. The van der Waals surface area contributed by atoms with E-state index in [0.717, 1.165) is 29.8 Å². The summed E-state index contributed by atoms with van der Waals surface area (Å²) in [5.74, 6) is 0.282. The molecule has 2 aromatic rings. The lowest BCUT2D eigenvalue weighted by Crippen LogP contribution is -2.09. The molecule has 0 saturated heterocycles. The normalized spacial score (nSPS) is 10.8. The maximum Gasteiger partial charge on any atom is 0.120 e. The van der Waals surface area contributed by atoms with Gasteiger partial charge in [0.2, 0.25) is 0 Å². The Balaban J connectivity index is 2.29. The van der Waals surface area contributed by atoms with Crippen molar-refractivity contribution in [1.29, 1.82) is 0 Å². The van der Waals surface area contributed by atoms with Crippen LogP contribution in [0.5, 0.6) is 5.75 Å². The molecule has 0 fully saturated rings. The van der Waals surface area contributed by atoms with E-state index >= 15 is 0 Å². The maximum absolute atomic E-state index is 9.77. The summed E-state index contributed by atoms with van der Waals surface area (Å²) in [6.07, 6.45) is 1.91. The summed E-state index contributed by atoms with van der Waals surface area (Å²) in [5, 5.41) is 18.0. The Hall–Kier alpha value is -1.88. The van der Waals surface area contributed by atoms with Crippen LogP contribution in [0.25, 0.3) is 0 Å². The monoisotopic (exact) mass is 246 g/mol. The van der Waals surface area contributed by atoms with Crippen LogP contribution in [0.1, 0.15) is 30.3 Å². The van der Waals surface area contributed by atoms with Crippen molar-refractivity contribution in [3.05, 3.63) is 41.2 Å². The van der Waals surface area contributed by atoms with Gasteiger partial charge in [-0.1, -0.05) is 36.8 Å². The van der Waals surface area contributed by atoms with E-state index in [0.29, 0.717) is 13.1 Å². The van der Waals surface area contributed by atoms with Gasteiger partial charge in [0.25, 0.3) is 0 Å². The molecule has 0 spiro atoms. The van der Waals surface area contributed by atoms with E-state index in [1.54, 1.807) is 12.1 Å². The quantitative estimate of drug-likeness (QED) is 0.837. The molecular formula is C13H18N4O. The molecule has 0 unspecified atom stereocenters. The minimum Gasteiger partial charge on any atom is -0.508 e. The SMILES string of the molecule is CCCc1c(CN)nnn1Cc1ccccc1O. The Morgan fingerprint density at radius 2 is 2.11 bits per heavy atom. The number of hydrogen-bond donors (Lipinski definition) is 2. The van der Waals surface area contributed by atoms with Crippen LogP contribution in [0.15, 0.2) is 24.3 Å². The summed E-state index contributed by atoms with van der Waals surface area (Å²) < 4.78 is 1.82. The topological polar surface area (TPSA) is 77.0 Å². The second-order valence-electron chi connectivity index (χ2n) is 4.22. The van der Waals surface area contributed by atoms with E-state index in [1.165, 1.54) is 0 Å². The first kappa shape index (κ1) is 12.6. The average molecular weight is 246 g/mol. The second kappa shape index (κ2) is 5.64. The van der Waals surface area contributed by atoms with E-state index in [-0.39, 0.29) is 5.75 Å². The molecular weight excluding hydrogens is 228 g/mol. The summed E-state index contributed by atoms with van der Waals surface area (Å²) in [6, 6.07) is 7.26. The summed E-state index contributed by atoms with van der Waals surface area (Å²) in [4.78, 5) is 0. The minimum absolute atomic E-state index is 0.282. The van der Waals surface area contributed by atoms with Crippen molar-refractivity contribution in [2.75, 3.05) is 0 Å². The van der Waals surface area contributed by atoms with Crippen LogP contribution in [0.4, 0.5) is 0 Å². The van der Waals surface area contributed by atoms with Crippen molar-refractivity contribution in [2.45, 2.75) is 32.9 Å². The lowest BCUT2D eigenvalue weighted by Gasteiger charge is -2.08. The van der Waals surface area contributed by atoms with E-state index in [2.05, 4.69) is 17.2 Å². The Labute approximate surface area is 106 Å². The zero-order valence-corrected chi connectivity index (χ0v) is 10.5. The number of benzene rings is 1. The minimum atomic E-state index is 0.282. The Kier molecular flexibility index (Phi) is 3.94. The Morgan fingerprint density at radius 3 is 2.78 bits per heavy atom. The van der Waals surface area contributed by atoms with Crippen LogP contribution < -0.4 is 5.73 Å². The van der Waals surface area contributed by atoms with Gasteiger partial charge in [0, 0.05) is 12.1 Å². The highest BCUT2D eigenvalue weighted by molar-refractivity contribution is 5.32. The molecule has 0 aliphatic carbocycles. The van der Waals surface area contributed by atoms with Gasteiger partial charge in [0.05, 0.1) is 17.9 Å². The molecule has 0 aliphatic heterocycles. The molecule has 1 aromatic carbocycles. The number of nitrogens with two attached hydrogens (primary N) is 1. The highest BCUT2D eigenvalue weighted by atomic mass is 16.3. The van der Waals surface area contributed by atoms with Crippen molar-refractivity contribution in [3.63, 3.8) is 0 Å². The van der Waals surface area contributed by atoms with E-state index in [4.69, 9.17) is 5.73 Å². The number of phenols is 1. The van der Waals surface area contributed by atoms with Crippen molar-refractivity contribution < 1.29 is 5.11 Å². The highest BCUT2D eigenvalue weighted by Crippen LogP contribution is 2.18. The van der Waals surface area contributed by atoms with E-state index in [1.807, 2.05) is 16.8 Å². The predicted molar refractivity (Wildman–Crippen MR) is 69.1 cm³/mol. The largest absolute Gasteiger partial charge is 0.508 e. The standard InChI is InChI=1S/C13H18N4O/c1-2-5-12-11(8-14)15-16-17(12)9-10-6-3-4-7-13(10)18/h3-4,6-7,18H,2,5,8-9,14H2,1H3. The van der Waals surface area contributed by atoms with E-state index < -0.39 is 0 Å². The van der Waals surface area contributed by atoms with Crippen molar-refractivity contribution in [2.24, 2.45) is 5.73 Å². The third-order valence-corrected chi connectivity index (χ3v) is 2.91. The molecule has 0 saturated carbocycles. The molecule has 18 heavy (non-hydrogen) atoms. The van der Waals surface area contributed by atoms with Gasteiger partial charge in [-0.15, -0.1) is 5.10 Å². The summed E-state index contributed by atoms with van der Waals surface area (Å²) >= 11 is 0. The fourth-order valence-corrected chi connectivity index (χ4v) is 1.97. The number of aromatic nitrogens is 3. The van der Waals surface area contributed by atoms with Crippen molar-refractivity contribution in [3.8, 4) is 5.75 Å². The first-order chi connectivity index (χ1) is 8.76. The lowest BCUT2D eigenvalue weighted by molar-refractivity contribution is 0.462. The van der Waals surface area contributed by atoms with Gasteiger partial charge in [0.15, 0.2) is 0 Å². The average Bonchev–Trinajstić information content (AvgIpc) is 2.75. The van der Waals surface area contributed by atoms with Crippen LogP contribution >= 0.6 is 0 Å². The third-order valence-electron chi connectivity index (χ3n) is 2.91. The van der Waals surface area contributed by atoms with Gasteiger partial charge in [-0.2, -0.15) is 0 Å². The maximum atomic E-state index is 9.77. The molecule has 0 atom stereocenters. The van der Waals surface area contributed by atoms with Crippen molar-refractivity contribution in [1.82, 2.24) is 15.0 Å². The van der Waals surface area contributed by atoms with Crippen molar-refractivity contribution >= 4 is 0 Å². The molecule has 0 amide bonds. The smallest absolute Gasteiger partial charge is 0.120 e. The second-order valence-corrected chi connectivity index (χ2v) is 4.22. The number of hydrogen-bond acceptors (Lipinski definition) is 4. The van der Waals surface area contributed by atoms with Gasteiger partial charge < -0.3 is 10.8 Å². The van der Waals surface area contributed by atoms with Crippen LogP contribution in [0.2, 0.25) is 0 Å². The number of phenolic OH excluding ortho intramolecular Hbond substituents is 1. The molecule has 1 aromatic heterocycles. The summed E-state index contributed by atoms with van der Waals surface area (Å²) in [5.41, 5.74) is 8.39. The molecule has 96 valence electrons. The molecule has 5 nitrogen and oxygen atoms in total. The number of aromatic hydroxyl groups is 1. The highest BCUT2D eigenvalue weighted by Gasteiger charge is 2.12. The fourth-order valence-electron chi connectivity index (χ4n) is 1.97. The summed E-state index contributed by atoms with van der Waals surface area (Å²) in [7, 11) is 0. The van der Waals surface area contributed by atoms with Gasteiger partial charge in [-0.3, -0.25) is 0 Å². The molecule has 3 N–H and O–H groups in total. The number of nitrogens with zero attached hydrogens (tertiary/aromatic N) is 3. The number of para-hydroxylation sites is 1.